The van der Waals surface area contributed by atoms with Crippen LogP contribution in [0, 0.1) is 5.92 Å². The van der Waals surface area contributed by atoms with Crippen molar-refractivity contribution in [2.24, 2.45) is 17.4 Å². The number of esters is 1. The number of rotatable bonds is 7. The van der Waals surface area contributed by atoms with Gasteiger partial charge in [0.2, 0.25) is 11.4 Å². The molecule has 1 fully saturated rings. The number of carbonyl (C=O) groups excluding carboxylic acids is 3. The molecule has 1 atom stereocenters. The van der Waals surface area contributed by atoms with Crippen LogP contribution in [-0.2, 0) is 30.5 Å². The Hall–Kier alpha value is -2.45. The van der Waals surface area contributed by atoms with Gasteiger partial charge in [0, 0.05) is 19.0 Å². The summed E-state index contributed by atoms with van der Waals surface area (Å²) in [6.07, 6.45) is 0.882. The fourth-order valence-corrected chi connectivity index (χ4v) is 3.13. The molecule has 0 bridgehead atoms. The Bertz CT molecular complexity index is 724. The van der Waals surface area contributed by atoms with Gasteiger partial charge in [0.25, 0.3) is 5.91 Å². The van der Waals surface area contributed by atoms with Crippen LogP contribution >= 0.6 is 0 Å². The van der Waals surface area contributed by atoms with Crippen LogP contribution in [0.1, 0.15) is 39.2 Å². The quantitative estimate of drug-likeness (QED) is 0.514. The number of benzene rings is 1. The van der Waals surface area contributed by atoms with Crippen molar-refractivity contribution < 1.29 is 23.9 Å². The summed E-state index contributed by atoms with van der Waals surface area (Å²) in [5, 5.41) is 0. The van der Waals surface area contributed by atoms with E-state index in [0.717, 1.165) is 5.56 Å². The number of amides is 2. The maximum atomic E-state index is 13.2. The standard InChI is InChI=1S/C21H31N3O5/c1-20(2,3)29-19(27)21(23,14-28-13-15-7-5-4-6-8-15)18(26)24-11-9-16(10-12-24)17(22)25/h4-8,16H,9-14,23H2,1-3H3,(H2,22,25). The monoisotopic (exact) mass is 405 g/mol. The zero-order chi connectivity index (χ0) is 21.7. The lowest BCUT2D eigenvalue weighted by atomic mass is 9.93. The van der Waals surface area contributed by atoms with Gasteiger partial charge in [0.1, 0.15) is 5.60 Å². The summed E-state index contributed by atoms with van der Waals surface area (Å²) < 4.78 is 11.1. The molecule has 1 heterocycles. The third-order valence-corrected chi connectivity index (χ3v) is 4.77. The molecule has 0 radical (unpaired) electrons. The molecule has 1 aliphatic rings. The highest BCUT2D eigenvalue weighted by atomic mass is 16.6. The van der Waals surface area contributed by atoms with Gasteiger partial charge in [-0.1, -0.05) is 30.3 Å². The van der Waals surface area contributed by atoms with Crippen molar-refractivity contribution in [3.63, 3.8) is 0 Å². The largest absolute Gasteiger partial charge is 0.458 e. The Kier molecular flexibility index (Phi) is 7.37. The van der Waals surface area contributed by atoms with Crippen LogP contribution in [0.4, 0.5) is 0 Å². The number of carbonyl (C=O) groups is 3. The van der Waals surface area contributed by atoms with E-state index in [0.29, 0.717) is 25.9 Å². The van der Waals surface area contributed by atoms with E-state index in [-0.39, 0.29) is 25.0 Å². The lowest BCUT2D eigenvalue weighted by Gasteiger charge is -2.37. The molecule has 4 N–H and O–H groups in total. The van der Waals surface area contributed by atoms with E-state index in [4.69, 9.17) is 20.9 Å². The van der Waals surface area contributed by atoms with Crippen molar-refractivity contribution in [1.82, 2.24) is 4.90 Å². The van der Waals surface area contributed by atoms with Crippen LogP contribution in [0.3, 0.4) is 0 Å². The second-order valence-electron chi connectivity index (χ2n) is 8.42. The van der Waals surface area contributed by atoms with E-state index in [2.05, 4.69) is 0 Å². The third kappa shape index (κ3) is 6.27. The molecule has 8 heteroatoms. The zero-order valence-corrected chi connectivity index (χ0v) is 17.3. The predicted molar refractivity (Wildman–Crippen MR) is 107 cm³/mol. The van der Waals surface area contributed by atoms with E-state index < -0.39 is 23.0 Å². The summed E-state index contributed by atoms with van der Waals surface area (Å²) in [4.78, 5) is 38.9. The van der Waals surface area contributed by atoms with Crippen LogP contribution < -0.4 is 11.5 Å². The fourth-order valence-electron chi connectivity index (χ4n) is 3.13. The minimum atomic E-state index is -1.97. The van der Waals surface area contributed by atoms with E-state index in [1.807, 2.05) is 30.3 Å². The average molecular weight is 405 g/mol. The predicted octanol–water partition coefficient (Wildman–Crippen LogP) is 0.966. The maximum Gasteiger partial charge on any atom is 0.338 e. The number of nitrogens with zero attached hydrogens (tertiary/aromatic N) is 1. The summed E-state index contributed by atoms with van der Waals surface area (Å²) >= 11 is 0. The molecular weight excluding hydrogens is 374 g/mol. The van der Waals surface area contributed by atoms with Crippen molar-refractivity contribution in [3.8, 4) is 0 Å². The minimum absolute atomic E-state index is 0.208. The molecule has 1 aliphatic heterocycles. The Morgan fingerprint density at radius 3 is 2.21 bits per heavy atom. The van der Waals surface area contributed by atoms with E-state index in [9.17, 15) is 14.4 Å². The van der Waals surface area contributed by atoms with Crippen LogP contribution in [0.5, 0.6) is 0 Å². The number of hydrogen-bond donors (Lipinski definition) is 2. The van der Waals surface area contributed by atoms with Gasteiger partial charge in [0.05, 0.1) is 13.2 Å². The lowest BCUT2D eigenvalue weighted by molar-refractivity contribution is -0.171. The Balaban J connectivity index is 2.11. The molecule has 0 aromatic heterocycles. The molecule has 2 rings (SSSR count). The highest BCUT2D eigenvalue weighted by Gasteiger charge is 2.48. The summed E-state index contributed by atoms with van der Waals surface area (Å²) in [5.74, 6) is -2.06. The second kappa shape index (κ2) is 9.37. The van der Waals surface area contributed by atoms with Gasteiger partial charge in [-0.15, -0.1) is 0 Å². The number of piperidine rings is 1. The zero-order valence-electron chi connectivity index (χ0n) is 17.3. The number of likely N-dealkylation sites (tertiary alicyclic amines) is 1. The van der Waals surface area contributed by atoms with Crippen LogP contribution in [-0.4, -0.2) is 53.5 Å². The fraction of sp³-hybridized carbons (Fsp3) is 0.571. The highest BCUT2D eigenvalue weighted by Crippen LogP contribution is 2.22. The van der Waals surface area contributed by atoms with Gasteiger partial charge in [-0.2, -0.15) is 0 Å². The molecule has 160 valence electrons. The summed E-state index contributed by atoms with van der Waals surface area (Å²) in [7, 11) is 0. The first kappa shape index (κ1) is 22.8. The summed E-state index contributed by atoms with van der Waals surface area (Å²) in [6.45, 7) is 5.61. The maximum absolute atomic E-state index is 13.2. The van der Waals surface area contributed by atoms with Crippen LogP contribution in [0.15, 0.2) is 30.3 Å². The van der Waals surface area contributed by atoms with Crippen molar-refractivity contribution in [1.29, 1.82) is 0 Å². The Morgan fingerprint density at radius 1 is 1.10 bits per heavy atom. The molecular formula is C21H31N3O5. The molecule has 0 aliphatic carbocycles. The number of hydrogen-bond acceptors (Lipinski definition) is 6. The molecule has 1 saturated heterocycles. The van der Waals surface area contributed by atoms with Crippen molar-refractivity contribution in [3.05, 3.63) is 35.9 Å². The molecule has 0 saturated carbocycles. The van der Waals surface area contributed by atoms with E-state index >= 15 is 0 Å². The first-order valence-electron chi connectivity index (χ1n) is 9.75. The SMILES string of the molecule is CC(C)(C)OC(=O)C(N)(COCc1ccccc1)C(=O)N1CCC(C(N)=O)CC1. The van der Waals surface area contributed by atoms with Gasteiger partial charge in [-0.3, -0.25) is 9.59 Å². The van der Waals surface area contributed by atoms with Gasteiger partial charge >= 0.3 is 5.97 Å². The normalized spacial score (nSPS) is 17.4. The topological polar surface area (TPSA) is 125 Å². The van der Waals surface area contributed by atoms with Gasteiger partial charge in [0.15, 0.2) is 0 Å². The number of primary amides is 1. The van der Waals surface area contributed by atoms with Gasteiger partial charge in [-0.05, 0) is 39.2 Å². The molecule has 2 amide bonds. The highest BCUT2D eigenvalue weighted by molar-refractivity contribution is 6.07. The summed E-state index contributed by atoms with van der Waals surface area (Å²) in [5.41, 5.74) is 9.77. The summed E-state index contributed by atoms with van der Waals surface area (Å²) in [6, 6.07) is 9.38. The Morgan fingerprint density at radius 2 is 1.69 bits per heavy atom. The lowest BCUT2D eigenvalue weighted by Crippen LogP contribution is -2.65. The molecule has 1 aromatic carbocycles. The van der Waals surface area contributed by atoms with Gasteiger partial charge < -0.3 is 25.8 Å². The van der Waals surface area contributed by atoms with Crippen LogP contribution in [0.2, 0.25) is 0 Å². The van der Waals surface area contributed by atoms with Crippen molar-refractivity contribution in [2.45, 2.75) is 51.4 Å². The molecule has 8 nitrogen and oxygen atoms in total. The van der Waals surface area contributed by atoms with Crippen molar-refractivity contribution >= 4 is 17.8 Å². The Labute approximate surface area is 171 Å². The molecule has 1 unspecified atom stereocenters. The number of nitrogens with two attached hydrogens (primary N) is 2. The van der Waals surface area contributed by atoms with E-state index in [1.54, 1.807) is 20.8 Å². The first-order chi connectivity index (χ1) is 13.5. The smallest absolute Gasteiger partial charge is 0.338 e. The van der Waals surface area contributed by atoms with Crippen LogP contribution in [0.25, 0.3) is 0 Å². The van der Waals surface area contributed by atoms with E-state index in [1.165, 1.54) is 4.90 Å². The molecule has 0 spiro atoms. The molecule has 29 heavy (non-hydrogen) atoms. The van der Waals surface area contributed by atoms with Crippen molar-refractivity contribution in [2.75, 3.05) is 19.7 Å². The number of ether oxygens (including phenoxy) is 2. The second-order valence-corrected chi connectivity index (χ2v) is 8.42. The van der Waals surface area contributed by atoms with Gasteiger partial charge in [-0.25, -0.2) is 4.79 Å². The minimum Gasteiger partial charge on any atom is -0.458 e. The first-order valence-corrected chi connectivity index (χ1v) is 9.75. The molecule has 1 aromatic rings. The average Bonchev–Trinajstić information content (AvgIpc) is 2.66. The third-order valence-electron chi connectivity index (χ3n) is 4.77.